The van der Waals surface area contributed by atoms with E-state index < -0.39 is 0 Å². The number of nitrogens with zero attached hydrogens (tertiary/aromatic N) is 1. The summed E-state index contributed by atoms with van der Waals surface area (Å²) in [4.78, 5) is 26.5. The van der Waals surface area contributed by atoms with E-state index in [2.05, 4.69) is 15.5 Å². The van der Waals surface area contributed by atoms with Gasteiger partial charge in [0, 0.05) is 17.3 Å². The first-order valence-corrected chi connectivity index (χ1v) is 9.78. The van der Waals surface area contributed by atoms with Crippen LogP contribution in [0.15, 0.2) is 42.5 Å². The minimum Gasteiger partial charge on any atom is -0.497 e. The van der Waals surface area contributed by atoms with Crippen LogP contribution in [-0.4, -0.2) is 50.6 Å². The molecule has 8 heteroatoms. The predicted molar refractivity (Wildman–Crippen MR) is 111 cm³/mol. The van der Waals surface area contributed by atoms with Gasteiger partial charge >= 0.3 is 0 Å². The highest BCUT2D eigenvalue weighted by Crippen LogP contribution is 2.38. The summed E-state index contributed by atoms with van der Waals surface area (Å²) >= 11 is 0. The molecule has 7 nitrogen and oxygen atoms in total. The Morgan fingerprint density at radius 1 is 1.10 bits per heavy atom. The van der Waals surface area contributed by atoms with Crippen molar-refractivity contribution in [2.24, 2.45) is 0 Å². The molecule has 1 fully saturated rings. The van der Waals surface area contributed by atoms with Gasteiger partial charge in [-0.2, -0.15) is 0 Å². The van der Waals surface area contributed by atoms with Crippen LogP contribution >= 0.6 is 0 Å². The van der Waals surface area contributed by atoms with Crippen molar-refractivity contribution in [3.05, 3.63) is 53.8 Å². The van der Waals surface area contributed by atoms with E-state index >= 15 is 0 Å². The number of amides is 2. The molecule has 1 aliphatic heterocycles. The van der Waals surface area contributed by atoms with Gasteiger partial charge in [-0.25, -0.2) is 4.39 Å². The van der Waals surface area contributed by atoms with E-state index in [9.17, 15) is 14.0 Å². The number of anilines is 1. The van der Waals surface area contributed by atoms with Crippen molar-refractivity contribution in [1.82, 2.24) is 10.2 Å². The smallest absolute Gasteiger partial charge is 0.243 e. The first kappa shape index (κ1) is 21.6. The van der Waals surface area contributed by atoms with Crippen LogP contribution in [0.1, 0.15) is 24.4 Å². The monoisotopic (exact) mass is 415 g/mol. The highest BCUT2D eigenvalue weighted by Gasteiger charge is 2.30. The Labute approximate surface area is 175 Å². The standard InChI is InChI=1S/C22H26FN3O4/c1-29-17-9-10-20(30-2)18(12-17)19-4-3-11-26(19)14-22(28)24-13-21(27)25-16-7-5-15(23)6-8-16/h5-10,12,19H,3-4,11,13-14H2,1-2H3,(H,24,28)(H,25,27)/t19-/m1/s1. The second-order valence-electron chi connectivity index (χ2n) is 7.07. The summed E-state index contributed by atoms with van der Waals surface area (Å²) in [6.07, 6.45) is 1.87. The molecular formula is C22H26FN3O4. The molecule has 1 atom stereocenters. The van der Waals surface area contributed by atoms with E-state index in [-0.39, 0.29) is 36.8 Å². The normalized spacial score (nSPS) is 16.2. The van der Waals surface area contributed by atoms with Crippen molar-refractivity contribution in [3.63, 3.8) is 0 Å². The maximum Gasteiger partial charge on any atom is 0.243 e. The predicted octanol–water partition coefficient (Wildman–Crippen LogP) is 2.73. The number of benzene rings is 2. The van der Waals surface area contributed by atoms with Crippen LogP contribution in [0.25, 0.3) is 0 Å². The molecule has 1 aliphatic rings. The SMILES string of the molecule is COc1ccc(OC)c([C@H]2CCCN2CC(=O)NCC(=O)Nc2ccc(F)cc2)c1. The Kier molecular flexibility index (Phi) is 7.24. The van der Waals surface area contributed by atoms with Crippen LogP contribution < -0.4 is 20.1 Å². The molecule has 2 aromatic carbocycles. The lowest BCUT2D eigenvalue weighted by Crippen LogP contribution is -2.40. The molecular weight excluding hydrogens is 389 g/mol. The number of likely N-dealkylation sites (tertiary alicyclic amines) is 1. The first-order valence-electron chi connectivity index (χ1n) is 9.78. The number of ether oxygens (including phenoxy) is 2. The lowest BCUT2D eigenvalue weighted by molar-refractivity contribution is -0.125. The molecule has 2 aromatic rings. The van der Waals surface area contributed by atoms with Gasteiger partial charge in [0.1, 0.15) is 17.3 Å². The molecule has 1 heterocycles. The van der Waals surface area contributed by atoms with Crippen LogP contribution in [0.5, 0.6) is 11.5 Å². The van der Waals surface area contributed by atoms with Gasteiger partial charge in [0.2, 0.25) is 11.8 Å². The summed E-state index contributed by atoms with van der Waals surface area (Å²) < 4.78 is 23.8. The topological polar surface area (TPSA) is 79.9 Å². The zero-order valence-electron chi connectivity index (χ0n) is 17.1. The van der Waals surface area contributed by atoms with Crippen molar-refractivity contribution < 1.29 is 23.5 Å². The van der Waals surface area contributed by atoms with E-state index in [0.29, 0.717) is 5.69 Å². The molecule has 1 saturated heterocycles. The highest BCUT2D eigenvalue weighted by atomic mass is 19.1. The quantitative estimate of drug-likeness (QED) is 0.693. The van der Waals surface area contributed by atoms with Gasteiger partial charge in [-0.3, -0.25) is 14.5 Å². The Balaban J connectivity index is 1.55. The molecule has 3 rings (SSSR count). The minimum atomic E-state index is -0.380. The van der Waals surface area contributed by atoms with Crippen LogP contribution in [0, 0.1) is 5.82 Å². The summed E-state index contributed by atoms with van der Waals surface area (Å²) in [5.41, 5.74) is 1.46. The number of carbonyl (C=O) groups excluding carboxylic acids is 2. The molecule has 0 aromatic heterocycles. The summed E-state index contributed by atoms with van der Waals surface area (Å²) in [5, 5.41) is 5.26. The van der Waals surface area contributed by atoms with Crippen LogP contribution in [0.4, 0.5) is 10.1 Å². The fourth-order valence-corrected chi connectivity index (χ4v) is 3.63. The van der Waals surface area contributed by atoms with Crippen molar-refractivity contribution in [2.45, 2.75) is 18.9 Å². The Hall–Kier alpha value is -3.13. The van der Waals surface area contributed by atoms with Crippen LogP contribution in [-0.2, 0) is 9.59 Å². The second-order valence-corrected chi connectivity index (χ2v) is 7.07. The number of methoxy groups -OCH3 is 2. The molecule has 2 amide bonds. The number of hydrogen-bond acceptors (Lipinski definition) is 5. The van der Waals surface area contributed by atoms with Gasteiger partial charge < -0.3 is 20.1 Å². The van der Waals surface area contributed by atoms with E-state index in [1.807, 2.05) is 18.2 Å². The number of rotatable bonds is 8. The molecule has 0 unspecified atom stereocenters. The van der Waals surface area contributed by atoms with Gasteiger partial charge in [-0.1, -0.05) is 0 Å². The third-order valence-corrected chi connectivity index (χ3v) is 5.08. The molecule has 30 heavy (non-hydrogen) atoms. The molecule has 0 saturated carbocycles. The number of halogens is 1. The zero-order valence-corrected chi connectivity index (χ0v) is 17.1. The third-order valence-electron chi connectivity index (χ3n) is 5.08. The van der Waals surface area contributed by atoms with E-state index in [1.165, 1.54) is 24.3 Å². The number of hydrogen-bond donors (Lipinski definition) is 2. The number of carbonyl (C=O) groups is 2. The van der Waals surface area contributed by atoms with Gasteiger partial charge in [-0.15, -0.1) is 0 Å². The Bertz CT molecular complexity index is 888. The fourth-order valence-electron chi connectivity index (χ4n) is 3.63. The minimum absolute atomic E-state index is 0.0360. The largest absolute Gasteiger partial charge is 0.497 e. The lowest BCUT2D eigenvalue weighted by atomic mass is 10.0. The van der Waals surface area contributed by atoms with Gasteiger partial charge in [0.25, 0.3) is 0 Å². The van der Waals surface area contributed by atoms with Crippen LogP contribution in [0.3, 0.4) is 0 Å². The molecule has 0 radical (unpaired) electrons. The van der Waals surface area contributed by atoms with Gasteiger partial charge in [0.15, 0.2) is 0 Å². The summed E-state index contributed by atoms with van der Waals surface area (Å²) in [7, 11) is 3.24. The van der Waals surface area contributed by atoms with E-state index in [1.54, 1.807) is 14.2 Å². The maximum atomic E-state index is 12.9. The number of nitrogens with one attached hydrogen (secondary N) is 2. The van der Waals surface area contributed by atoms with Crippen molar-refractivity contribution in [3.8, 4) is 11.5 Å². The van der Waals surface area contributed by atoms with Crippen molar-refractivity contribution >= 4 is 17.5 Å². The van der Waals surface area contributed by atoms with Crippen molar-refractivity contribution in [1.29, 1.82) is 0 Å². The summed E-state index contributed by atoms with van der Waals surface area (Å²) in [6, 6.07) is 11.1. The summed E-state index contributed by atoms with van der Waals surface area (Å²) in [6.45, 7) is 0.798. The fraction of sp³-hybridized carbons (Fsp3) is 0.364. The molecule has 160 valence electrons. The average Bonchev–Trinajstić information content (AvgIpc) is 3.21. The Morgan fingerprint density at radius 3 is 2.57 bits per heavy atom. The van der Waals surface area contributed by atoms with Gasteiger partial charge in [-0.05, 0) is 61.9 Å². The molecule has 0 bridgehead atoms. The summed E-state index contributed by atoms with van der Waals surface area (Å²) in [5.74, 6) is 0.501. The highest BCUT2D eigenvalue weighted by molar-refractivity contribution is 5.94. The molecule has 0 spiro atoms. The molecule has 0 aliphatic carbocycles. The van der Waals surface area contributed by atoms with E-state index in [0.717, 1.165) is 36.4 Å². The van der Waals surface area contributed by atoms with E-state index in [4.69, 9.17) is 9.47 Å². The second kappa shape index (κ2) is 10.1. The zero-order chi connectivity index (χ0) is 21.5. The Morgan fingerprint density at radius 2 is 1.87 bits per heavy atom. The molecule has 2 N–H and O–H groups in total. The van der Waals surface area contributed by atoms with Crippen LogP contribution in [0.2, 0.25) is 0 Å². The van der Waals surface area contributed by atoms with Gasteiger partial charge in [0.05, 0.1) is 27.3 Å². The maximum absolute atomic E-state index is 12.9. The first-order chi connectivity index (χ1) is 14.5. The third kappa shape index (κ3) is 5.48. The average molecular weight is 415 g/mol. The lowest BCUT2D eigenvalue weighted by Gasteiger charge is -2.26. The van der Waals surface area contributed by atoms with Crippen molar-refractivity contribution in [2.75, 3.05) is 39.2 Å².